The van der Waals surface area contributed by atoms with E-state index in [-0.39, 0.29) is 5.95 Å². The zero-order chi connectivity index (χ0) is 14.2. The predicted octanol–water partition coefficient (Wildman–Crippen LogP) is 2.21. The van der Waals surface area contributed by atoms with Crippen LogP contribution in [-0.4, -0.2) is 15.9 Å². The van der Waals surface area contributed by atoms with Gasteiger partial charge in [-0.3, -0.25) is 0 Å². The molecule has 2 aromatic rings. The smallest absolute Gasteiger partial charge is 0.221 e. The lowest BCUT2D eigenvalue weighted by Gasteiger charge is -2.01. The Hall–Kier alpha value is -2.38. The molecule has 0 saturated carbocycles. The van der Waals surface area contributed by atoms with Crippen molar-refractivity contribution in [2.45, 2.75) is 6.92 Å². The van der Waals surface area contributed by atoms with E-state index >= 15 is 0 Å². The molecule has 0 aliphatic rings. The highest BCUT2D eigenvalue weighted by atomic mass is 19.2. The van der Waals surface area contributed by atoms with Crippen LogP contribution in [0.1, 0.15) is 11.3 Å². The number of aryl methyl sites for hydroxylation is 1. The summed E-state index contributed by atoms with van der Waals surface area (Å²) in [6.45, 7) is 1.65. The van der Waals surface area contributed by atoms with E-state index in [1.165, 1.54) is 6.20 Å². The van der Waals surface area contributed by atoms with Crippen LogP contribution in [0, 0.1) is 30.2 Å². The van der Waals surface area contributed by atoms with Gasteiger partial charge in [0.05, 0.1) is 18.1 Å². The van der Waals surface area contributed by atoms with Crippen LogP contribution in [0.25, 0.3) is 0 Å². The van der Waals surface area contributed by atoms with Gasteiger partial charge in [0.15, 0.2) is 23.3 Å². The van der Waals surface area contributed by atoms with Gasteiger partial charge in [-0.25, -0.2) is 27.2 Å². The normalized spacial score (nSPS) is 11.4. The molecule has 0 unspecified atom stereocenters. The first kappa shape index (κ1) is 13.1. The van der Waals surface area contributed by atoms with Crippen LogP contribution < -0.4 is 5.73 Å². The Morgan fingerprint density at radius 1 is 1.21 bits per heavy atom. The SMILES string of the molecule is Cc1cn(N=Cc2cc(F)c(F)c(F)c2F)c(N)n1. The molecule has 0 amide bonds. The van der Waals surface area contributed by atoms with Crippen LogP contribution in [0.4, 0.5) is 23.5 Å². The fourth-order valence-corrected chi connectivity index (χ4v) is 1.41. The average molecular weight is 272 g/mol. The van der Waals surface area contributed by atoms with Gasteiger partial charge in [-0.05, 0) is 13.0 Å². The second kappa shape index (κ2) is 4.71. The second-order valence-corrected chi connectivity index (χ2v) is 3.72. The van der Waals surface area contributed by atoms with Gasteiger partial charge in [-0.15, -0.1) is 0 Å². The van der Waals surface area contributed by atoms with Crippen molar-refractivity contribution in [2.24, 2.45) is 5.10 Å². The molecule has 1 heterocycles. The highest BCUT2D eigenvalue weighted by molar-refractivity contribution is 5.80. The number of nitrogens with zero attached hydrogens (tertiary/aromatic N) is 3. The number of aromatic nitrogens is 2. The summed E-state index contributed by atoms with van der Waals surface area (Å²) in [7, 11) is 0. The van der Waals surface area contributed by atoms with E-state index < -0.39 is 28.8 Å². The molecule has 1 aromatic heterocycles. The summed E-state index contributed by atoms with van der Waals surface area (Å²) in [5.74, 6) is -6.77. The summed E-state index contributed by atoms with van der Waals surface area (Å²) in [5.41, 5.74) is 5.49. The van der Waals surface area contributed by atoms with Gasteiger partial charge in [-0.1, -0.05) is 0 Å². The molecule has 0 saturated heterocycles. The number of halogens is 4. The van der Waals surface area contributed by atoms with Gasteiger partial charge in [0.1, 0.15) is 0 Å². The Morgan fingerprint density at radius 2 is 1.89 bits per heavy atom. The first-order chi connectivity index (χ1) is 8.90. The number of rotatable bonds is 2. The highest BCUT2D eigenvalue weighted by Crippen LogP contribution is 2.17. The van der Waals surface area contributed by atoms with Crippen LogP contribution in [0.3, 0.4) is 0 Å². The Kier molecular flexibility index (Phi) is 3.24. The molecule has 0 radical (unpaired) electrons. The molecule has 4 nitrogen and oxygen atoms in total. The molecule has 0 spiro atoms. The van der Waals surface area contributed by atoms with Gasteiger partial charge < -0.3 is 5.73 Å². The number of nitrogens with two attached hydrogens (primary N) is 1. The molecular weight excluding hydrogens is 264 g/mol. The number of imidazole rings is 1. The van der Waals surface area contributed by atoms with E-state index in [2.05, 4.69) is 10.1 Å². The monoisotopic (exact) mass is 272 g/mol. The minimum Gasteiger partial charge on any atom is -0.368 e. The lowest BCUT2D eigenvalue weighted by molar-refractivity contribution is 0.408. The lowest BCUT2D eigenvalue weighted by Crippen LogP contribution is -2.02. The van der Waals surface area contributed by atoms with Crippen molar-refractivity contribution in [3.8, 4) is 0 Å². The summed E-state index contributed by atoms with van der Waals surface area (Å²) >= 11 is 0. The van der Waals surface area contributed by atoms with Crippen molar-refractivity contribution in [2.75, 3.05) is 5.73 Å². The third-order valence-electron chi connectivity index (χ3n) is 2.29. The fourth-order valence-electron chi connectivity index (χ4n) is 1.41. The van der Waals surface area contributed by atoms with Gasteiger partial charge in [0.2, 0.25) is 5.95 Å². The van der Waals surface area contributed by atoms with Crippen molar-refractivity contribution in [3.05, 3.63) is 46.8 Å². The first-order valence-electron chi connectivity index (χ1n) is 5.09. The lowest BCUT2D eigenvalue weighted by atomic mass is 10.2. The summed E-state index contributed by atoms with van der Waals surface area (Å²) in [6.07, 6.45) is 2.25. The molecule has 19 heavy (non-hydrogen) atoms. The zero-order valence-electron chi connectivity index (χ0n) is 9.66. The van der Waals surface area contributed by atoms with Crippen molar-refractivity contribution in [3.63, 3.8) is 0 Å². The Morgan fingerprint density at radius 3 is 2.47 bits per heavy atom. The van der Waals surface area contributed by atoms with E-state index in [4.69, 9.17) is 5.73 Å². The standard InChI is InChI=1S/C11H8F4N4/c1-5-4-19(11(16)18-5)17-3-6-2-7(12)9(14)10(15)8(6)13/h2-4H,1H3,(H2,16,18). The quantitative estimate of drug-likeness (QED) is 0.394. The van der Waals surface area contributed by atoms with Crippen molar-refractivity contribution in [1.82, 2.24) is 9.66 Å². The average Bonchev–Trinajstić information content (AvgIpc) is 2.68. The molecule has 2 rings (SSSR count). The van der Waals surface area contributed by atoms with Gasteiger partial charge in [0.25, 0.3) is 0 Å². The molecular formula is C11H8F4N4. The van der Waals surface area contributed by atoms with Crippen LogP contribution in [0.2, 0.25) is 0 Å². The summed E-state index contributed by atoms with van der Waals surface area (Å²) in [4.78, 5) is 3.82. The van der Waals surface area contributed by atoms with Gasteiger partial charge in [-0.2, -0.15) is 5.10 Å². The molecule has 0 bridgehead atoms. The third kappa shape index (κ3) is 2.42. The molecule has 1 aromatic carbocycles. The van der Waals surface area contributed by atoms with Crippen LogP contribution in [0.5, 0.6) is 0 Å². The number of nitrogen functional groups attached to an aromatic ring is 1. The molecule has 0 aliphatic heterocycles. The maximum absolute atomic E-state index is 13.3. The van der Waals surface area contributed by atoms with Crippen LogP contribution in [-0.2, 0) is 0 Å². The number of benzene rings is 1. The van der Waals surface area contributed by atoms with Crippen molar-refractivity contribution >= 4 is 12.2 Å². The molecule has 100 valence electrons. The Balaban J connectivity index is 2.42. The first-order valence-corrected chi connectivity index (χ1v) is 5.09. The van der Waals surface area contributed by atoms with Gasteiger partial charge >= 0.3 is 0 Å². The number of hydrogen-bond donors (Lipinski definition) is 1. The molecule has 0 fully saturated rings. The minimum absolute atomic E-state index is 0.0252. The van der Waals surface area contributed by atoms with E-state index in [0.29, 0.717) is 11.8 Å². The van der Waals surface area contributed by atoms with Crippen LogP contribution >= 0.6 is 0 Å². The number of anilines is 1. The highest BCUT2D eigenvalue weighted by Gasteiger charge is 2.17. The van der Waals surface area contributed by atoms with Gasteiger partial charge in [0, 0.05) is 5.56 Å². The third-order valence-corrected chi connectivity index (χ3v) is 2.29. The molecule has 2 N–H and O–H groups in total. The largest absolute Gasteiger partial charge is 0.368 e. The van der Waals surface area contributed by atoms with E-state index in [0.717, 1.165) is 10.9 Å². The minimum atomic E-state index is -1.89. The molecule has 0 aliphatic carbocycles. The topological polar surface area (TPSA) is 56.2 Å². The summed E-state index contributed by atoms with van der Waals surface area (Å²) < 4.78 is 53.1. The maximum atomic E-state index is 13.3. The molecule has 8 heteroatoms. The van der Waals surface area contributed by atoms with E-state index in [1.54, 1.807) is 6.92 Å². The maximum Gasteiger partial charge on any atom is 0.221 e. The summed E-state index contributed by atoms with van der Waals surface area (Å²) in [5, 5.41) is 3.68. The van der Waals surface area contributed by atoms with E-state index in [9.17, 15) is 17.6 Å². The number of hydrogen-bond acceptors (Lipinski definition) is 3. The van der Waals surface area contributed by atoms with Crippen LogP contribution in [0.15, 0.2) is 17.4 Å². The summed E-state index contributed by atoms with van der Waals surface area (Å²) in [6, 6.07) is 0.497. The zero-order valence-corrected chi connectivity index (χ0v) is 9.66. The molecule has 0 atom stereocenters. The fraction of sp³-hybridized carbons (Fsp3) is 0.0909. The van der Waals surface area contributed by atoms with Crippen molar-refractivity contribution < 1.29 is 17.6 Å². The Labute approximate surface area is 105 Å². The predicted molar refractivity (Wildman–Crippen MR) is 60.6 cm³/mol. The van der Waals surface area contributed by atoms with Crippen molar-refractivity contribution in [1.29, 1.82) is 0 Å². The van der Waals surface area contributed by atoms with E-state index in [1.807, 2.05) is 0 Å². The second-order valence-electron chi connectivity index (χ2n) is 3.72. The Bertz CT molecular complexity index is 663.